The van der Waals surface area contributed by atoms with Crippen LogP contribution in [0.1, 0.15) is 22.3 Å². The van der Waals surface area contributed by atoms with Crippen LogP contribution in [0.15, 0.2) is 54.9 Å². The minimum Gasteiger partial charge on any atom is -0.497 e. The number of piperazine rings is 1. The lowest BCUT2D eigenvalue weighted by Gasteiger charge is -2.35. The Morgan fingerprint density at radius 3 is 2.16 bits per heavy atom. The number of hydrogen-bond donors (Lipinski definition) is 1. The molecule has 168 valence electrons. The van der Waals surface area contributed by atoms with E-state index in [0.717, 1.165) is 35.8 Å². The number of aromatic nitrogens is 3. The maximum absolute atomic E-state index is 12.8. The Hall–Kier alpha value is -3.59. The van der Waals surface area contributed by atoms with E-state index >= 15 is 0 Å². The number of benzene rings is 2. The van der Waals surface area contributed by atoms with Crippen molar-refractivity contribution < 1.29 is 19.4 Å². The number of anilines is 1. The summed E-state index contributed by atoms with van der Waals surface area (Å²) in [5.74, 6) is 1.49. The molecule has 0 radical (unpaired) electrons. The smallest absolute Gasteiger partial charge is 0.293 e. The monoisotopic (exact) mass is 437 g/mol. The highest BCUT2D eigenvalue weighted by atomic mass is 16.5. The van der Waals surface area contributed by atoms with E-state index < -0.39 is 6.10 Å². The van der Waals surface area contributed by atoms with Crippen molar-refractivity contribution in [1.29, 1.82) is 0 Å². The molecule has 0 aliphatic carbocycles. The first kappa shape index (κ1) is 21.6. The number of amides is 1. The van der Waals surface area contributed by atoms with Crippen LogP contribution in [-0.2, 0) is 6.54 Å². The van der Waals surface area contributed by atoms with Gasteiger partial charge in [-0.1, -0.05) is 12.1 Å². The van der Waals surface area contributed by atoms with E-state index in [1.807, 2.05) is 24.3 Å². The molecule has 1 aromatic heterocycles. The van der Waals surface area contributed by atoms with Crippen LogP contribution in [0, 0.1) is 0 Å². The number of carbonyl (C=O) groups excluding carboxylic acids is 1. The van der Waals surface area contributed by atoms with Crippen LogP contribution in [0.3, 0.4) is 0 Å². The molecule has 1 fully saturated rings. The molecule has 1 aliphatic rings. The van der Waals surface area contributed by atoms with E-state index in [1.165, 1.54) is 11.0 Å². The average molecular weight is 438 g/mol. The second-order valence-corrected chi connectivity index (χ2v) is 7.56. The Labute approximate surface area is 186 Å². The standard InChI is InChI=1S/C23H27N5O4/c1-31-19-7-3-17(4-8-19)21(29)15-28-16-24-22(25-28)23(30)27-13-11-26(12-14-27)18-5-9-20(32-2)10-6-18/h3-10,16,21,29H,11-15H2,1-2H3. The fourth-order valence-electron chi connectivity index (χ4n) is 3.69. The zero-order valence-electron chi connectivity index (χ0n) is 18.2. The number of nitrogens with zero attached hydrogens (tertiary/aromatic N) is 5. The molecule has 4 rings (SSSR count). The minimum absolute atomic E-state index is 0.143. The lowest BCUT2D eigenvalue weighted by Crippen LogP contribution is -2.49. The molecule has 3 aromatic rings. The Kier molecular flexibility index (Phi) is 6.55. The average Bonchev–Trinajstić information content (AvgIpc) is 3.32. The molecule has 2 heterocycles. The fourth-order valence-corrected chi connectivity index (χ4v) is 3.69. The summed E-state index contributed by atoms with van der Waals surface area (Å²) < 4.78 is 11.8. The quantitative estimate of drug-likeness (QED) is 0.604. The Bertz CT molecular complexity index is 1030. The number of aliphatic hydroxyl groups excluding tert-OH is 1. The third-order valence-corrected chi connectivity index (χ3v) is 5.59. The molecule has 9 heteroatoms. The summed E-state index contributed by atoms with van der Waals surface area (Å²) in [7, 11) is 3.24. The van der Waals surface area contributed by atoms with E-state index in [1.54, 1.807) is 43.4 Å². The lowest BCUT2D eigenvalue weighted by atomic mass is 10.1. The zero-order valence-corrected chi connectivity index (χ0v) is 18.2. The first-order valence-electron chi connectivity index (χ1n) is 10.5. The highest BCUT2D eigenvalue weighted by molar-refractivity contribution is 5.90. The van der Waals surface area contributed by atoms with Crippen LogP contribution in [0.25, 0.3) is 0 Å². The molecule has 2 aromatic carbocycles. The largest absolute Gasteiger partial charge is 0.497 e. The van der Waals surface area contributed by atoms with Gasteiger partial charge in [-0.3, -0.25) is 4.79 Å². The summed E-state index contributed by atoms with van der Waals surface area (Å²) in [4.78, 5) is 21.0. The summed E-state index contributed by atoms with van der Waals surface area (Å²) in [6.07, 6.45) is 0.715. The van der Waals surface area contributed by atoms with Crippen molar-refractivity contribution >= 4 is 11.6 Å². The van der Waals surface area contributed by atoms with Crippen molar-refractivity contribution in [3.8, 4) is 11.5 Å². The first-order chi connectivity index (χ1) is 15.6. The van der Waals surface area contributed by atoms with Gasteiger partial charge >= 0.3 is 0 Å². The van der Waals surface area contributed by atoms with E-state index in [-0.39, 0.29) is 18.3 Å². The van der Waals surface area contributed by atoms with E-state index in [2.05, 4.69) is 15.0 Å². The van der Waals surface area contributed by atoms with Crippen molar-refractivity contribution in [3.63, 3.8) is 0 Å². The summed E-state index contributed by atoms with van der Waals surface area (Å²) in [5.41, 5.74) is 1.84. The zero-order chi connectivity index (χ0) is 22.5. The predicted molar refractivity (Wildman–Crippen MR) is 119 cm³/mol. The van der Waals surface area contributed by atoms with Crippen molar-refractivity contribution in [3.05, 3.63) is 66.2 Å². The summed E-state index contributed by atoms with van der Waals surface area (Å²) in [5, 5.41) is 14.7. The van der Waals surface area contributed by atoms with Gasteiger partial charge in [0, 0.05) is 31.9 Å². The molecule has 0 saturated carbocycles. The molecule has 0 bridgehead atoms. The summed E-state index contributed by atoms with van der Waals surface area (Å²) in [6, 6.07) is 15.1. The van der Waals surface area contributed by atoms with Crippen LogP contribution < -0.4 is 14.4 Å². The molecule has 1 atom stereocenters. The molecule has 1 unspecified atom stereocenters. The normalized spacial score (nSPS) is 14.8. The predicted octanol–water partition coefficient (Wildman–Crippen LogP) is 1.99. The second-order valence-electron chi connectivity index (χ2n) is 7.56. The van der Waals surface area contributed by atoms with Crippen LogP contribution in [-0.4, -0.2) is 71.1 Å². The molecule has 32 heavy (non-hydrogen) atoms. The van der Waals surface area contributed by atoms with Crippen LogP contribution in [0.4, 0.5) is 5.69 Å². The number of rotatable bonds is 7. The third-order valence-electron chi connectivity index (χ3n) is 5.59. The fraction of sp³-hybridized carbons (Fsp3) is 0.348. The molecular formula is C23H27N5O4. The van der Waals surface area contributed by atoms with Crippen molar-refractivity contribution in [2.75, 3.05) is 45.3 Å². The van der Waals surface area contributed by atoms with E-state index in [9.17, 15) is 9.90 Å². The molecule has 1 N–H and O–H groups in total. The van der Waals surface area contributed by atoms with Crippen molar-refractivity contribution in [1.82, 2.24) is 19.7 Å². The number of carbonyl (C=O) groups is 1. The molecule has 1 saturated heterocycles. The van der Waals surface area contributed by atoms with Gasteiger partial charge in [-0.15, -0.1) is 5.10 Å². The van der Waals surface area contributed by atoms with Crippen LogP contribution in [0.5, 0.6) is 11.5 Å². The molecular weight excluding hydrogens is 410 g/mol. The number of ether oxygens (including phenoxy) is 2. The summed E-state index contributed by atoms with van der Waals surface area (Å²) >= 11 is 0. The van der Waals surface area contributed by atoms with Crippen molar-refractivity contribution in [2.24, 2.45) is 0 Å². The van der Waals surface area contributed by atoms with Gasteiger partial charge in [-0.2, -0.15) is 0 Å². The maximum Gasteiger partial charge on any atom is 0.293 e. The van der Waals surface area contributed by atoms with Gasteiger partial charge in [0.05, 0.1) is 26.9 Å². The molecule has 1 aliphatic heterocycles. The highest BCUT2D eigenvalue weighted by Gasteiger charge is 2.25. The van der Waals surface area contributed by atoms with Gasteiger partial charge < -0.3 is 24.4 Å². The van der Waals surface area contributed by atoms with Gasteiger partial charge in [0.15, 0.2) is 0 Å². The van der Waals surface area contributed by atoms with Gasteiger partial charge in [-0.05, 0) is 42.0 Å². The highest BCUT2D eigenvalue weighted by Crippen LogP contribution is 2.21. The Morgan fingerprint density at radius 2 is 1.56 bits per heavy atom. The minimum atomic E-state index is -0.765. The van der Waals surface area contributed by atoms with Gasteiger partial charge in [0.25, 0.3) is 5.91 Å². The molecule has 9 nitrogen and oxygen atoms in total. The maximum atomic E-state index is 12.8. The molecule has 0 spiro atoms. The van der Waals surface area contributed by atoms with Crippen LogP contribution in [0.2, 0.25) is 0 Å². The first-order valence-corrected chi connectivity index (χ1v) is 10.5. The Morgan fingerprint density at radius 1 is 0.969 bits per heavy atom. The SMILES string of the molecule is COc1ccc(C(O)Cn2cnc(C(=O)N3CCN(c4ccc(OC)cc4)CC3)n2)cc1. The lowest BCUT2D eigenvalue weighted by molar-refractivity contribution is 0.0733. The molecule has 1 amide bonds. The van der Waals surface area contributed by atoms with E-state index in [0.29, 0.717) is 13.1 Å². The van der Waals surface area contributed by atoms with Crippen LogP contribution >= 0.6 is 0 Å². The topological polar surface area (TPSA) is 92.9 Å². The third kappa shape index (κ3) is 4.83. The van der Waals surface area contributed by atoms with Crippen molar-refractivity contribution in [2.45, 2.75) is 12.6 Å². The van der Waals surface area contributed by atoms with Gasteiger partial charge in [0.2, 0.25) is 5.82 Å². The summed E-state index contributed by atoms with van der Waals surface area (Å²) in [6.45, 7) is 2.85. The Balaban J connectivity index is 1.32. The van der Waals surface area contributed by atoms with E-state index in [4.69, 9.17) is 9.47 Å². The number of aliphatic hydroxyl groups is 1. The number of methoxy groups -OCH3 is 2. The van der Waals surface area contributed by atoms with Gasteiger partial charge in [-0.25, -0.2) is 9.67 Å². The van der Waals surface area contributed by atoms with Gasteiger partial charge in [0.1, 0.15) is 17.8 Å². The number of hydrogen-bond acceptors (Lipinski definition) is 7. The second kappa shape index (κ2) is 9.69.